The molecule has 1 aromatic heterocycles. The number of thiol groups is 1. The number of aromatic amines is 1. The Bertz CT molecular complexity index is 421. The van der Waals surface area contributed by atoms with Crippen molar-refractivity contribution in [2.45, 2.75) is 25.4 Å². The van der Waals surface area contributed by atoms with Crippen molar-refractivity contribution < 1.29 is 19.8 Å². The summed E-state index contributed by atoms with van der Waals surface area (Å²) in [4.78, 5) is 26.4. The molecule has 0 radical (unpaired) electrons. The number of nitrogens with two attached hydrogens (primary N) is 2. The maximum Gasteiger partial charge on any atom is 0.371 e. The number of carboxylic acid groups (broad SMARTS) is 2. The van der Waals surface area contributed by atoms with Gasteiger partial charge in [0.2, 0.25) is 5.82 Å². The largest absolute Gasteiger partial charge is 0.480 e. The minimum absolute atomic E-state index is 0.00657. The van der Waals surface area contributed by atoms with Crippen LogP contribution >= 0.6 is 12.6 Å². The molecule has 108 valence electrons. The lowest BCUT2D eigenvalue weighted by Crippen LogP contribution is -2.31. The van der Waals surface area contributed by atoms with E-state index in [2.05, 4.69) is 22.6 Å². The molecular weight excluding hydrogens is 272 g/mol. The van der Waals surface area contributed by atoms with Crippen molar-refractivity contribution in [1.29, 1.82) is 0 Å². The standard InChI is InChI=1S/C7H11N3O2.C3H7NO2S/c1-4(8)2-5-3-9-6(10-5)7(11)12;4-2(1-7)3(5)6/h3-4H,2,8H2,1H3,(H,9,10)(H,11,12);2,7H,1,4H2,(H,5,6)/t4-;2-/m10/s1. The van der Waals surface area contributed by atoms with Gasteiger partial charge < -0.3 is 26.7 Å². The second-order valence-corrected chi connectivity index (χ2v) is 4.24. The van der Waals surface area contributed by atoms with Crippen LogP contribution < -0.4 is 11.5 Å². The quantitative estimate of drug-likeness (QED) is 0.392. The summed E-state index contributed by atoms with van der Waals surface area (Å²) in [5, 5.41) is 16.5. The Balaban J connectivity index is 0.000000399. The third-order valence-corrected chi connectivity index (χ3v) is 2.28. The monoisotopic (exact) mass is 290 g/mol. The Morgan fingerprint density at radius 1 is 1.47 bits per heavy atom. The number of H-pyrrole nitrogens is 1. The molecule has 8 nitrogen and oxygen atoms in total. The first kappa shape index (κ1) is 17.4. The predicted octanol–water partition coefficient (Wildman–Crippen LogP) is -0.674. The van der Waals surface area contributed by atoms with Gasteiger partial charge in [0.05, 0.1) is 0 Å². The third kappa shape index (κ3) is 7.44. The van der Waals surface area contributed by atoms with Crippen molar-refractivity contribution in [3.63, 3.8) is 0 Å². The molecule has 0 bridgehead atoms. The van der Waals surface area contributed by atoms with Gasteiger partial charge in [0.15, 0.2) is 0 Å². The summed E-state index contributed by atoms with van der Waals surface area (Å²) in [5.41, 5.74) is 11.2. The van der Waals surface area contributed by atoms with E-state index < -0.39 is 18.0 Å². The molecule has 1 heterocycles. The molecule has 1 aromatic rings. The summed E-state index contributed by atoms with van der Waals surface area (Å²) in [6, 6.07) is -0.810. The zero-order chi connectivity index (χ0) is 15.0. The lowest BCUT2D eigenvalue weighted by Gasteiger charge is -1.99. The minimum Gasteiger partial charge on any atom is -0.480 e. The number of nitrogens with zero attached hydrogens (tertiary/aromatic N) is 1. The molecule has 9 heteroatoms. The van der Waals surface area contributed by atoms with Gasteiger partial charge in [0, 0.05) is 30.1 Å². The number of carbonyl (C=O) groups is 2. The van der Waals surface area contributed by atoms with Gasteiger partial charge in [0.1, 0.15) is 6.04 Å². The fraction of sp³-hybridized carbons (Fsp3) is 0.500. The number of aromatic carboxylic acids is 1. The Kier molecular flexibility index (Phi) is 7.80. The molecule has 0 fully saturated rings. The summed E-state index contributed by atoms with van der Waals surface area (Å²) >= 11 is 3.65. The van der Waals surface area contributed by atoms with E-state index in [4.69, 9.17) is 21.7 Å². The maximum atomic E-state index is 10.4. The number of imidazole rings is 1. The maximum absolute atomic E-state index is 10.4. The predicted molar refractivity (Wildman–Crippen MR) is 72.4 cm³/mol. The molecule has 0 amide bonds. The average Bonchev–Trinajstić information content (AvgIpc) is 2.76. The molecule has 1 rings (SSSR count). The normalized spacial score (nSPS) is 13.1. The lowest BCUT2D eigenvalue weighted by molar-refractivity contribution is -0.137. The number of hydrogen-bond acceptors (Lipinski definition) is 6. The van der Waals surface area contributed by atoms with E-state index in [0.717, 1.165) is 5.69 Å². The molecule has 0 aliphatic rings. The summed E-state index contributed by atoms with van der Waals surface area (Å²) in [5.74, 6) is -1.90. The third-order valence-electron chi connectivity index (χ3n) is 1.89. The van der Waals surface area contributed by atoms with Crippen LogP contribution in [0.3, 0.4) is 0 Å². The highest BCUT2D eigenvalue weighted by Crippen LogP contribution is 1.99. The van der Waals surface area contributed by atoms with Gasteiger partial charge in [-0.1, -0.05) is 0 Å². The van der Waals surface area contributed by atoms with E-state index in [1.807, 2.05) is 6.92 Å². The fourth-order valence-electron chi connectivity index (χ4n) is 0.996. The number of rotatable bonds is 5. The second kappa shape index (κ2) is 8.51. The highest BCUT2D eigenvalue weighted by molar-refractivity contribution is 7.80. The molecular formula is C10H18N4O4S. The Morgan fingerprint density at radius 2 is 2.05 bits per heavy atom. The smallest absolute Gasteiger partial charge is 0.371 e. The fourth-order valence-corrected chi connectivity index (χ4v) is 1.15. The highest BCUT2D eigenvalue weighted by Gasteiger charge is 2.08. The molecule has 0 spiro atoms. The van der Waals surface area contributed by atoms with Crippen molar-refractivity contribution in [1.82, 2.24) is 9.97 Å². The van der Waals surface area contributed by atoms with E-state index >= 15 is 0 Å². The van der Waals surface area contributed by atoms with Gasteiger partial charge in [-0.3, -0.25) is 4.79 Å². The van der Waals surface area contributed by atoms with Crippen LogP contribution in [-0.2, 0) is 11.2 Å². The summed E-state index contributed by atoms with van der Waals surface area (Å²) < 4.78 is 0. The molecule has 7 N–H and O–H groups in total. The number of nitrogens with one attached hydrogen (secondary N) is 1. The van der Waals surface area contributed by atoms with Crippen LogP contribution in [-0.4, -0.2) is 50.0 Å². The van der Waals surface area contributed by atoms with Gasteiger partial charge in [-0.15, -0.1) is 0 Å². The molecule has 0 aliphatic carbocycles. The van der Waals surface area contributed by atoms with Crippen LogP contribution in [0, 0.1) is 0 Å². The molecule has 2 atom stereocenters. The van der Waals surface area contributed by atoms with Crippen molar-refractivity contribution in [3.05, 3.63) is 17.7 Å². The molecule has 0 unspecified atom stereocenters. The van der Waals surface area contributed by atoms with Gasteiger partial charge in [-0.25, -0.2) is 9.78 Å². The van der Waals surface area contributed by atoms with Gasteiger partial charge in [0.25, 0.3) is 0 Å². The van der Waals surface area contributed by atoms with Crippen LogP contribution in [0.25, 0.3) is 0 Å². The van der Waals surface area contributed by atoms with Crippen molar-refractivity contribution in [3.8, 4) is 0 Å². The van der Waals surface area contributed by atoms with Gasteiger partial charge >= 0.3 is 11.9 Å². The van der Waals surface area contributed by atoms with Gasteiger partial charge in [-0.05, 0) is 6.92 Å². The Hall–Kier alpha value is -1.58. The molecule has 0 saturated heterocycles. The number of carboxylic acids is 2. The lowest BCUT2D eigenvalue weighted by atomic mass is 10.2. The molecule has 0 aromatic carbocycles. The summed E-state index contributed by atoms with van der Waals surface area (Å²) in [7, 11) is 0. The first-order valence-electron chi connectivity index (χ1n) is 5.39. The average molecular weight is 290 g/mol. The number of aliphatic carboxylic acids is 1. The van der Waals surface area contributed by atoms with Crippen LogP contribution in [0.1, 0.15) is 23.2 Å². The highest BCUT2D eigenvalue weighted by atomic mass is 32.1. The zero-order valence-electron chi connectivity index (χ0n) is 10.4. The second-order valence-electron chi connectivity index (χ2n) is 3.87. The molecule has 0 saturated carbocycles. The number of aromatic nitrogens is 2. The topological polar surface area (TPSA) is 155 Å². The van der Waals surface area contributed by atoms with Crippen molar-refractivity contribution in [2.75, 3.05) is 5.75 Å². The first-order valence-corrected chi connectivity index (χ1v) is 6.03. The van der Waals surface area contributed by atoms with Crippen LogP contribution in [0.5, 0.6) is 0 Å². The summed E-state index contributed by atoms with van der Waals surface area (Å²) in [6.45, 7) is 1.85. The van der Waals surface area contributed by atoms with Crippen LogP contribution in [0.15, 0.2) is 6.20 Å². The zero-order valence-corrected chi connectivity index (χ0v) is 11.3. The van der Waals surface area contributed by atoms with E-state index in [9.17, 15) is 9.59 Å². The summed E-state index contributed by atoms with van der Waals surface area (Å²) in [6.07, 6.45) is 2.10. The van der Waals surface area contributed by atoms with E-state index in [1.54, 1.807) is 0 Å². The van der Waals surface area contributed by atoms with Crippen molar-refractivity contribution in [2.24, 2.45) is 11.5 Å². The Morgan fingerprint density at radius 3 is 2.32 bits per heavy atom. The molecule has 19 heavy (non-hydrogen) atoms. The Labute approximate surface area is 115 Å². The van der Waals surface area contributed by atoms with E-state index in [1.165, 1.54) is 6.20 Å². The van der Waals surface area contributed by atoms with Crippen LogP contribution in [0.4, 0.5) is 0 Å². The minimum atomic E-state index is -1.05. The molecule has 0 aliphatic heterocycles. The van der Waals surface area contributed by atoms with Crippen molar-refractivity contribution >= 4 is 24.6 Å². The number of hydrogen-bond donors (Lipinski definition) is 6. The van der Waals surface area contributed by atoms with E-state index in [0.29, 0.717) is 6.42 Å². The van der Waals surface area contributed by atoms with Crippen LogP contribution in [0.2, 0.25) is 0 Å². The van der Waals surface area contributed by atoms with Gasteiger partial charge in [-0.2, -0.15) is 12.6 Å². The SMILES string of the molecule is C[C@@H](N)Cc1cnc(C(=O)O)[nH]1.N[C@@H](CS)C(=O)O. The first-order chi connectivity index (χ1) is 8.77. The van der Waals surface area contributed by atoms with E-state index in [-0.39, 0.29) is 17.6 Å².